The van der Waals surface area contributed by atoms with E-state index in [9.17, 15) is 4.39 Å². The molecule has 1 aliphatic heterocycles. The maximum Gasteiger partial charge on any atom is 0.143 e. The number of rotatable bonds is 3. The van der Waals surface area contributed by atoms with Gasteiger partial charge < -0.3 is 0 Å². The molecule has 0 N–H and O–H groups in total. The van der Waals surface area contributed by atoms with Crippen molar-refractivity contribution in [3.63, 3.8) is 0 Å². The van der Waals surface area contributed by atoms with Gasteiger partial charge in [0, 0.05) is 27.5 Å². The van der Waals surface area contributed by atoms with E-state index < -0.39 is 0 Å². The van der Waals surface area contributed by atoms with Crippen LogP contribution < -0.4 is 0 Å². The first-order chi connectivity index (χ1) is 12.7. The Bertz CT molecular complexity index is 1080. The highest BCUT2D eigenvalue weighted by Gasteiger charge is 2.23. The van der Waals surface area contributed by atoms with Crippen molar-refractivity contribution in [1.29, 1.82) is 0 Å². The lowest BCUT2D eigenvalue weighted by Gasteiger charge is -2.15. The molecule has 0 atom stereocenters. The molecule has 0 bridgehead atoms. The molecule has 2 aromatic carbocycles. The minimum atomic E-state index is -0.309. The summed E-state index contributed by atoms with van der Waals surface area (Å²) in [4.78, 5) is 2.79. The van der Waals surface area contributed by atoms with Gasteiger partial charge in [0.25, 0.3) is 0 Å². The third kappa shape index (κ3) is 2.73. The van der Waals surface area contributed by atoms with E-state index in [1.54, 1.807) is 30.3 Å². The van der Waals surface area contributed by atoms with Crippen molar-refractivity contribution in [3.8, 4) is 5.69 Å². The Hall–Kier alpha value is -3.15. The number of hydrogen-bond donors (Lipinski definition) is 0. The van der Waals surface area contributed by atoms with Crippen LogP contribution in [0, 0.1) is 5.82 Å². The predicted octanol–water partition coefficient (Wildman–Crippen LogP) is 4.86. The molecule has 8 heteroatoms. The topological polar surface area (TPSA) is 79.5 Å². The van der Waals surface area contributed by atoms with Gasteiger partial charge in [0.05, 0.1) is 12.2 Å². The second kappa shape index (κ2) is 6.63. The summed E-state index contributed by atoms with van der Waals surface area (Å²) < 4.78 is 16.3. The van der Waals surface area contributed by atoms with Gasteiger partial charge in [0.2, 0.25) is 0 Å². The molecular formula is C18H12ClFN6. The Morgan fingerprint density at radius 2 is 2.04 bits per heavy atom. The Morgan fingerprint density at radius 1 is 1.19 bits per heavy atom. The van der Waals surface area contributed by atoms with Crippen molar-refractivity contribution in [1.82, 2.24) is 14.8 Å². The van der Waals surface area contributed by atoms with Gasteiger partial charge in [-0.3, -0.25) is 4.57 Å². The van der Waals surface area contributed by atoms with Crippen molar-refractivity contribution in [2.45, 2.75) is 13.0 Å². The Morgan fingerprint density at radius 3 is 2.85 bits per heavy atom. The molecule has 0 fully saturated rings. The van der Waals surface area contributed by atoms with Gasteiger partial charge in [0.15, 0.2) is 0 Å². The SMILES string of the molecule is [N-]=[N+]=NCc1nnc2n1-c1ccc(Cl)cc1C(c1ccccc1F)=CC2. The summed E-state index contributed by atoms with van der Waals surface area (Å²) in [7, 11) is 0. The number of halogens is 2. The van der Waals surface area contributed by atoms with Crippen LogP contribution >= 0.6 is 11.6 Å². The van der Waals surface area contributed by atoms with Crippen LogP contribution in [0.15, 0.2) is 53.7 Å². The van der Waals surface area contributed by atoms with E-state index in [2.05, 4.69) is 20.2 Å². The maximum absolute atomic E-state index is 14.4. The molecule has 3 aromatic rings. The lowest BCUT2D eigenvalue weighted by Crippen LogP contribution is -2.06. The number of nitrogens with zero attached hydrogens (tertiary/aromatic N) is 6. The highest BCUT2D eigenvalue weighted by molar-refractivity contribution is 6.30. The summed E-state index contributed by atoms with van der Waals surface area (Å²) in [6.45, 7) is 0.0700. The van der Waals surface area contributed by atoms with Crippen LogP contribution in [0.3, 0.4) is 0 Å². The van der Waals surface area contributed by atoms with Crippen molar-refractivity contribution in [3.05, 3.63) is 92.6 Å². The summed E-state index contributed by atoms with van der Waals surface area (Å²) in [6.07, 6.45) is 2.37. The summed E-state index contributed by atoms with van der Waals surface area (Å²) >= 11 is 6.22. The third-order valence-electron chi connectivity index (χ3n) is 4.21. The smallest absolute Gasteiger partial charge is 0.143 e. The number of fused-ring (bicyclic) bond motifs is 3. The average Bonchev–Trinajstić information content (AvgIpc) is 2.97. The summed E-state index contributed by atoms with van der Waals surface area (Å²) in [5, 5.41) is 12.5. The van der Waals surface area contributed by atoms with Crippen LogP contribution in [0.2, 0.25) is 5.02 Å². The lowest BCUT2D eigenvalue weighted by atomic mass is 9.95. The molecule has 1 aliphatic rings. The molecule has 0 saturated carbocycles. The zero-order valence-corrected chi connectivity index (χ0v) is 14.2. The normalized spacial score (nSPS) is 12.5. The first-order valence-corrected chi connectivity index (χ1v) is 8.26. The average molecular weight is 367 g/mol. The second-order valence-electron chi connectivity index (χ2n) is 5.72. The maximum atomic E-state index is 14.4. The Balaban J connectivity index is 1.97. The minimum Gasteiger partial charge on any atom is -0.282 e. The van der Waals surface area contributed by atoms with Gasteiger partial charge in [-0.1, -0.05) is 41.0 Å². The van der Waals surface area contributed by atoms with Gasteiger partial charge in [0.1, 0.15) is 17.5 Å². The van der Waals surface area contributed by atoms with Gasteiger partial charge in [-0.15, -0.1) is 10.2 Å². The highest BCUT2D eigenvalue weighted by atomic mass is 35.5. The Kier molecular flexibility index (Phi) is 4.16. The number of hydrogen-bond acceptors (Lipinski definition) is 3. The molecule has 0 aliphatic carbocycles. The molecule has 0 spiro atoms. The Labute approximate surface area is 153 Å². The molecule has 128 valence electrons. The molecule has 6 nitrogen and oxygen atoms in total. The zero-order chi connectivity index (χ0) is 18.1. The van der Waals surface area contributed by atoms with Crippen molar-refractivity contribution in [2.24, 2.45) is 5.11 Å². The fourth-order valence-electron chi connectivity index (χ4n) is 3.12. The first kappa shape index (κ1) is 16.3. The monoisotopic (exact) mass is 366 g/mol. The number of aromatic nitrogens is 3. The van der Waals surface area contributed by atoms with Crippen LogP contribution in [-0.2, 0) is 13.0 Å². The van der Waals surface area contributed by atoms with E-state index in [-0.39, 0.29) is 12.4 Å². The molecule has 4 rings (SSSR count). The highest BCUT2D eigenvalue weighted by Crippen LogP contribution is 2.35. The molecular weight excluding hydrogens is 355 g/mol. The van der Waals surface area contributed by atoms with Crippen molar-refractivity contribution >= 4 is 17.2 Å². The number of allylic oxidation sites excluding steroid dienone is 1. The predicted molar refractivity (Wildman–Crippen MR) is 96.4 cm³/mol. The summed E-state index contributed by atoms with van der Waals surface area (Å²) in [5.74, 6) is 0.893. The van der Waals surface area contributed by atoms with Crippen LogP contribution in [0.4, 0.5) is 4.39 Å². The molecule has 0 radical (unpaired) electrons. The number of benzene rings is 2. The van der Waals surface area contributed by atoms with Crippen LogP contribution in [0.25, 0.3) is 21.7 Å². The summed E-state index contributed by atoms with van der Waals surface area (Å²) in [5.41, 5.74) is 11.4. The summed E-state index contributed by atoms with van der Waals surface area (Å²) in [6, 6.07) is 12.0. The van der Waals surface area contributed by atoms with E-state index in [1.807, 2.05) is 16.7 Å². The minimum absolute atomic E-state index is 0.0700. The number of azide groups is 1. The molecule has 26 heavy (non-hydrogen) atoms. The van der Waals surface area contributed by atoms with E-state index in [0.29, 0.717) is 28.7 Å². The quantitative estimate of drug-likeness (QED) is 0.377. The largest absolute Gasteiger partial charge is 0.282 e. The zero-order valence-electron chi connectivity index (χ0n) is 13.5. The van der Waals surface area contributed by atoms with Crippen LogP contribution in [0.5, 0.6) is 0 Å². The van der Waals surface area contributed by atoms with Gasteiger partial charge >= 0.3 is 0 Å². The van der Waals surface area contributed by atoms with E-state index in [0.717, 1.165) is 16.8 Å². The van der Waals surface area contributed by atoms with E-state index >= 15 is 0 Å². The van der Waals surface area contributed by atoms with Crippen molar-refractivity contribution in [2.75, 3.05) is 0 Å². The first-order valence-electron chi connectivity index (χ1n) is 7.88. The fourth-order valence-corrected chi connectivity index (χ4v) is 3.29. The standard InChI is InChI=1S/C18H12ClFN6/c19-11-5-7-16-14(9-11)12(13-3-1-2-4-15(13)20)6-8-17-23-24-18(26(16)17)10-22-25-21/h1-7,9H,8,10H2. The lowest BCUT2D eigenvalue weighted by molar-refractivity contribution is 0.624. The third-order valence-corrected chi connectivity index (χ3v) is 4.45. The molecule has 0 unspecified atom stereocenters. The molecule has 0 saturated heterocycles. The van der Waals surface area contributed by atoms with E-state index in [1.165, 1.54) is 6.07 Å². The molecule has 2 heterocycles. The van der Waals surface area contributed by atoms with Crippen LogP contribution in [0.1, 0.15) is 22.8 Å². The van der Waals surface area contributed by atoms with Gasteiger partial charge in [-0.25, -0.2) is 4.39 Å². The molecule has 1 aromatic heterocycles. The van der Waals surface area contributed by atoms with E-state index in [4.69, 9.17) is 17.1 Å². The van der Waals surface area contributed by atoms with Gasteiger partial charge in [-0.05, 0) is 35.4 Å². The molecule has 0 amide bonds. The second-order valence-corrected chi connectivity index (χ2v) is 6.16. The van der Waals surface area contributed by atoms with Gasteiger partial charge in [-0.2, -0.15) is 0 Å². The van der Waals surface area contributed by atoms with Crippen LogP contribution in [-0.4, -0.2) is 14.8 Å². The van der Waals surface area contributed by atoms with Crippen molar-refractivity contribution < 1.29 is 4.39 Å². The fraction of sp³-hybridized carbons (Fsp3) is 0.111.